The lowest BCUT2D eigenvalue weighted by molar-refractivity contribution is -0.124. The third-order valence-corrected chi connectivity index (χ3v) is 4.77. The van der Waals surface area contributed by atoms with E-state index in [1.807, 2.05) is 25.2 Å². The highest BCUT2D eigenvalue weighted by Crippen LogP contribution is 2.24. The van der Waals surface area contributed by atoms with Crippen molar-refractivity contribution < 1.29 is 4.79 Å². The monoisotopic (exact) mass is 346 g/mol. The average molecular weight is 347 g/mol. The predicted octanol–water partition coefficient (Wildman–Crippen LogP) is 0.500. The number of guanidine groups is 1. The number of aromatic nitrogens is 1. The van der Waals surface area contributed by atoms with Crippen LogP contribution in [0.5, 0.6) is 0 Å². The molecular weight excluding hydrogens is 328 g/mol. The number of hydrogen-bond donors (Lipinski definition) is 4. The van der Waals surface area contributed by atoms with E-state index in [0.29, 0.717) is 19.0 Å². The number of halogens is 1. The number of aryl methyl sites for hydroxylation is 1. The first kappa shape index (κ1) is 15.4. The summed E-state index contributed by atoms with van der Waals surface area (Å²) < 4.78 is 2.07. The standard InChI is InChI=1S/C16H19ClN6O/c1-23-8-9(11-3-2-10(17)6-13(11)23)4-5-18-16-20-14-12(7-19-22-14)15(24)21-16/h2-3,6,8,12,14,19,22H,4-5,7H2,1H3,(H2,18,20,21,24). The van der Waals surface area contributed by atoms with Crippen molar-refractivity contribution in [3.63, 3.8) is 0 Å². The van der Waals surface area contributed by atoms with Crippen molar-refractivity contribution in [3.05, 3.63) is 35.0 Å². The molecule has 0 radical (unpaired) electrons. The fourth-order valence-corrected chi connectivity index (χ4v) is 3.45. The highest BCUT2D eigenvalue weighted by molar-refractivity contribution is 6.31. The Labute approximate surface area is 144 Å². The molecule has 0 aliphatic carbocycles. The van der Waals surface area contributed by atoms with E-state index in [4.69, 9.17) is 11.6 Å². The second-order valence-electron chi connectivity index (χ2n) is 6.15. The van der Waals surface area contributed by atoms with Crippen LogP contribution in [0.4, 0.5) is 0 Å². The molecule has 2 atom stereocenters. The van der Waals surface area contributed by atoms with Crippen LogP contribution < -0.4 is 21.5 Å². The number of rotatable bonds is 3. The molecule has 24 heavy (non-hydrogen) atoms. The van der Waals surface area contributed by atoms with Gasteiger partial charge in [-0.15, -0.1) is 0 Å². The van der Waals surface area contributed by atoms with E-state index in [-0.39, 0.29) is 18.0 Å². The maximum atomic E-state index is 12.0. The number of hydrogen-bond acceptors (Lipinski definition) is 4. The summed E-state index contributed by atoms with van der Waals surface area (Å²) in [6, 6.07) is 5.91. The molecule has 3 heterocycles. The Hall–Kier alpha value is -2.09. The van der Waals surface area contributed by atoms with Gasteiger partial charge in [0.15, 0.2) is 5.96 Å². The summed E-state index contributed by atoms with van der Waals surface area (Å²) in [7, 11) is 2.01. The molecule has 4 rings (SSSR count). The maximum Gasteiger partial charge on any atom is 0.234 e. The summed E-state index contributed by atoms with van der Waals surface area (Å²) in [6.07, 6.45) is 2.80. The van der Waals surface area contributed by atoms with Gasteiger partial charge in [0.25, 0.3) is 0 Å². The van der Waals surface area contributed by atoms with Crippen molar-refractivity contribution in [3.8, 4) is 0 Å². The number of hydrazine groups is 1. The van der Waals surface area contributed by atoms with E-state index in [0.717, 1.165) is 17.0 Å². The molecule has 0 bridgehead atoms. The molecule has 2 aliphatic heterocycles. The zero-order chi connectivity index (χ0) is 16.7. The SMILES string of the molecule is Cn1cc(CCN=C2NC(=O)C3CNNC3N2)c2ccc(Cl)cc21. The van der Waals surface area contributed by atoms with Crippen molar-refractivity contribution in [2.24, 2.45) is 18.0 Å². The summed E-state index contributed by atoms with van der Waals surface area (Å²) in [5.41, 5.74) is 8.35. The predicted molar refractivity (Wildman–Crippen MR) is 93.6 cm³/mol. The molecule has 0 saturated carbocycles. The van der Waals surface area contributed by atoms with Crippen molar-refractivity contribution >= 4 is 34.4 Å². The summed E-state index contributed by atoms with van der Waals surface area (Å²) >= 11 is 6.07. The van der Waals surface area contributed by atoms with Crippen LogP contribution in [0, 0.1) is 5.92 Å². The van der Waals surface area contributed by atoms with Crippen molar-refractivity contribution in [1.29, 1.82) is 0 Å². The van der Waals surface area contributed by atoms with Gasteiger partial charge < -0.3 is 9.88 Å². The quantitative estimate of drug-likeness (QED) is 0.652. The fraction of sp³-hybridized carbons (Fsp3) is 0.375. The van der Waals surface area contributed by atoms with Gasteiger partial charge in [-0.1, -0.05) is 17.7 Å². The van der Waals surface area contributed by atoms with Gasteiger partial charge in [-0.2, -0.15) is 0 Å². The van der Waals surface area contributed by atoms with Gasteiger partial charge in [0.2, 0.25) is 5.91 Å². The average Bonchev–Trinajstić information content (AvgIpc) is 3.13. The Balaban J connectivity index is 1.47. The first-order valence-corrected chi connectivity index (χ1v) is 8.33. The minimum atomic E-state index is -0.105. The molecule has 1 aromatic heterocycles. The van der Waals surface area contributed by atoms with Gasteiger partial charge in [-0.05, 0) is 24.1 Å². The van der Waals surface area contributed by atoms with E-state index in [1.54, 1.807) is 0 Å². The van der Waals surface area contributed by atoms with Crippen LogP contribution >= 0.6 is 11.6 Å². The van der Waals surface area contributed by atoms with Crippen LogP contribution in [-0.2, 0) is 18.3 Å². The van der Waals surface area contributed by atoms with Gasteiger partial charge in [-0.3, -0.25) is 20.5 Å². The van der Waals surface area contributed by atoms with Crippen LogP contribution in [0.2, 0.25) is 5.02 Å². The zero-order valence-corrected chi connectivity index (χ0v) is 14.0. The molecule has 8 heteroatoms. The van der Waals surface area contributed by atoms with Gasteiger partial charge in [0, 0.05) is 42.3 Å². The van der Waals surface area contributed by atoms with Gasteiger partial charge in [-0.25, -0.2) is 5.43 Å². The van der Waals surface area contributed by atoms with E-state index in [9.17, 15) is 4.79 Å². The van der Waals surface area contributed by atoms with Crippen LogP contribution in [0.1, 0.15) is 5.56 Å². The number of fused-ring (bicyclic) bond motifs is 2. The summed E-state index contributed by atoms with van der Waals surface area (Å²) in [5.74, 6) is 0.419. The number of nitrogens with one attached hydrogen (secondary N) is 4. The minimum absolute atomic E-state index is 0.00481. The van der Waals surface area contributed by atoms with E-state index in [1.165, 1.54) is 10.9 Å². The first-order valence-electron chi connectivity index (χ1n) is 7.95. The molecule has 7 nitrogen and oxygen atoms in total. The van der Waals surface area contributed by atoms with Crippen LogP contribution in [-0.4, -0.2) is 35.7 Å². The normalized spacial score (nSPS) is 24.9. The van der Waals surface area contributed by atoms with E-state index >= 15 is 0 Å². The third-order valence-electron chi connectivity index (χ3n) is 4.54. The van der Waals surface area contributed by atoms with E-state index < -0.39 is 0 Å². The Bertz CT molecular complexity index is 829. The Morgan fingerprint density at radius 1 is 1.42 bits per heavy atom. The maximum absolute atomic E-state index is 12.0. The van der Waals surface area contributed by atoms with Crippen molar-refractivity contribution in [2.45, 2.75) is 12.6 Å². The van der Waals surface area contributed by atoms with Crippen LogP contribution in [0.3, 0.4) is 0 Å². The smallest absolute Gasteiger partial charge is 0.234 e. The fourth-order valence-electron chi connectivity index (χ4n) is 3.28. The zero-order valence-electron chi connectivity index (χ0n) is 13.3. The summed E-state index contributed by atoms with van der Waals surface area (Å²) in [5, 5.41) is 7.94. The van der Waals surface area contributed by atoms with Gasteiger partial charge in [0.1, 0.15) is 6.17 Å². The van der Waals surface area contributed by atoms with Crippen LogP contribution in [0.15, 0.2) is 29.4 Å². The van der Waals surface area contributed by atoms with Gasteiger partial charge in [0.05, 0.1) is 5.92 Å². The van der Waals surface area contributed by atoms with Crippen LogP contribution in [0.25, 0.3) is 10.9 Å². The summed E-state index contributed by atoms with van der Waals surface area (Å²) in [4.78, 5) is 16.5. The number of aliphatic imine (C=N–C) groups is 1. The molecule has 2 fully saturated rings. The van der Waals surface area contributed by atoms with Gasteiger partial charge >= 0.3 is 0 Å². The lowest BCUT2D eigenvalue weighted by Crippen LogP contribution is -2.61. The third kappa shape index (κ3) is 2.75. The molecular formula is C16H19ClN6O. The molecule has 2 saturated heterocycles. The molecule has 4 N–H and O–H groups in total. The summed E-state index contributed by atoms with van der Waals surface area (Å²) in [6.45, 7) is 1.21. The Morgan fingerprint density at radius 2 is 2.29 bits per heavy atom. The highest BCUT2D eigenvalue weighted by Gasteiger charge is 2.37. The minimum Gasteiger partial charge on any atom is -0.350 e. The van der Waals surface area contributed by atoms with Crippen molar-refractivity contribution in [1.82, 2.24) is 26.1 Å². The van der Waals surface area contributed by atoms with Crippen molar-refractivity contribution in [2.75, 3.05) is 13.1 Å². The largest absolute Gasteiger partial charge is 0.350 e. The lowest BCUT2D eigenvalue weighted by atomic mass is 10.1. The topological polar surface area (TPSA) is 82.5 Å². The molecule has 1 amide bonds. The second-order valence-corrected chi connectivity index (χ2v) is 6.59. The highest BCUT2D eigenvalue weighted by atomic mass is 35.5. The number of benzene rings is 1. The molecule has 2 aromatic rings. The molecule has 126 valence electrons. The molecule has 1 aromatic carbocycles. The number of nitrogens with zero attached hydrogens (tertiary/aromatic N) is 2. The molecule has 2 unspecified atom stereocenters. The number of carbonyl (C=O) groups is 1. The molecule has 2 aliphatic rings. The Morgan fingerprint density at radius 3 is 3.17 bits per heavy atom. The Kier molecular flexibility index (Phi) is 3.91. The lowest BCUT2D eigenvalue weighted by Gasteiger charge is -2.27. The molecule has 0 spiro atoms. The second kappa shape index (κ2) is 6.08. The first-order chi connectivity index (χ1) is 11.6. The van der Waals surface area contributed by atoms with E-state index in [2.05, 4.69) is 37.2 Å². The number of carbonyl (C=O) groups excluding carboxylic acids is 1. The number of amides is 1.